The van der Waals surface area contributed by atoms with E-state index >= 15 is 0 Å². The number of carbonyl (C=O) groups excluding carboxylic acids is 1. The number of ether oxygens (including phenoxy) is 1. The van der Waals surface area contributed by atoms with Gasteiger partial charge in [-0.15, -0.1) is 0 Å². The third-order valence-corrected chi connectivity index (χ3v) is 3.56. The van der Waals surface area contributed by atoms with Gasteiger partial charge < -0.3 is 14.7 Å². The molecule has 6 heteroatoms. The maximum atomic E-state index is 12.6. The molecule has 1 unspecified atom stereocenters. The minimum atomic E-state index is -0.929. The number of rotatable bonds is 9. The zero-order valence-corrected chi connectivity index (χ0v) is 13.7. The third kappa shape index (κ3) is 5.66. The predicted octanol–water partition coefficient (Wildman–Crippen LogP) is 2.93. The fourth-order valence-electron chi connectivity index (χ4n) is 1.99. The second kappa shape index (κ2) is 9.43. The number of carbonyl (C=O) groups is 2. The van der Waals surface area contributed by atoms with Crippen molar-refractivity contribution in [1.82, 2.24) is 4.90 Å². The van der Waals surface area contributed by atoms with Gasteiger partial charge in [0.25, 0.3) is 5.91 Å². The lowest BCUT2D eigenvalue weighted by Crippen LogP contribution is -2.38. The number of aliphatic carboxylic acids is 1. The van der Waals surface area contributed by atoms with Gasteiger partial charge in [0.2, 0.25) is 0 Å². The first-order valence-corrected chi connectivity index (χ1v) is 7.69. The minimum Gasteiger partial charge on any atom is -0.481 e. The highest BCUT2D eigenvalue weighted by molar-refractivity contribution is 6.33. The van der Waals surface area contributed by atoms with Crippen molar-refractivity contribution >= 4 is 23.5 Å². The van der Waals surface area contributed by atoms with Crippen LogP contribution in [0, 0.1) is 5.92 Å². The van der Waals surface area contributed by atoms with Gasteiger partial charge in [0, 0.05) is 26.3 Å². The van der Waals surface area contributed by atoms with Gasteiger partial charge in [-0.1, -0.05) is 30.7 Å². The summed E-state index contributed by atoms with van der Waals surface area (Å²) in [5.74, 6) is -1.82. The summed E-state index contributed by atoms with van der Waals surface area (Å²) in [5.41, 5.74) is 0.387. The molecule has 1 rings (SSSR count). The molecule has 0 saturated carbocycles. The molecule has 5 nitrogen and oxygen atoms in total. The molecule has 1 atom stereocenters. The molecule has 0 fully saturated rings. The lowest BCUT2D eigenvalue weighted by Gasteiger charge is -2.25. The van der Waals surface area contributed by atoms with Crippen LogP contribution in [0.1, 0.15) is 30.6 Å². The molecule has 1 amide bonds. The van der Waals surface area contributed by atoms with Crippen LogP contribution < -0.4 is 0 Å². The minimum absolute atomic E-state index is 0.144. The largest absolute Gasteiger partial charge is 0.481 e. The Morgan fingerprint density at radius 2 is 2.05 bits per heavy atom. The molecule has 1 N–H and O–H groups in total. The van der Waals surface area contributed by atoms with E-state index < -0.39 is 11.9 Å². The molecule has 0 spiro atoms. The number of nitrogens with zero attached hydrogens (tertiary/aromatic N) is 1. The molecule has 0 aliphatic heterocycles. The maximum absolute atomic E-state index is 12.6. The van der Waals surface area contributed by atoms with Gasteiger partial charge in [-0.3, -0.25) is 9.59 Å². The summed E-state index contributed by atoms with van der Waals surface area (Å²) in [6.07, 6.45) is 0.649. The molecular formula is C16H22ClNO4. The van der Waals surface area contributed by atoms with E-state index in [4.69, 9.17) is 21.4 Å². The first-order chi connectivity index (χ1) is 10.5. The molecule has 122 valence electrons. The maximum Gasteiger partial charge on any atom is 0.308 e. The number of carboxylic acid groups (broad SMARTS) is 1. The Labute approximate surface area is 135 Å². The van der Waals surface area contributed by atoms with Gasteiger partial charge >= 0.3 is 5.97 Å². The van der Waals surface area contributed by atoms with E-state index in [1.807, 2.05) is 6.92 Å². The summed E-state index contributed by atoms with van der Waals surface area (Å²) in [4.78, 5) is 25.2. The van der Waals surface area contributed by atoms with Gasteiger partial charge in [0.1, 0.15) is 0 Å². The zero-order valence-electron chi connectivity index (χ0n) is 12.9. The van der Waals surface area contributed by atoms with Crippen LogP contribution in [-0.4, -0.2) is 48.2 Å². The monoisotopic (exact) mass is 327 g/mol. The Morgan fingerprint density at radius 3 is 2.64 bits per heavy atom. The fraction of sp³-hybridized carbons (Fsp3) is 0.500. The molecular weight excluding hydrogens is 306 g/mol. The van der Waals surface area contributed by atoms with Gasteiger partial charge in [-0.25, -0.2) is 0 Å². The van der Waals surface area contributed by atoms with Crippen LogP contribution >= 0.6 is 11.6 Å². The van der Waals surface area contributed by atoms with Crippen LogP contribution in [0.5, 0.6) is 0 Å². The average molecular weight is 328 g/mol. The molecule has 22 heavy (non-hydrogen) atoms. The fourth-order valence-corrected chi connectivity index (χ4v) is 2.21. The van der Waals surface area contributed by atoms with Crippen LogP contribution in [0.2, 0.25) is 5.02 Å². The first kappa shape index (κ1) is 18.5. The summed E-state index contributed by atoms with van der Waals surface area (Å²) in [7, 11) is 0. The van der Waals surface area contributed by atoms with Gasteiger partial charge in [-0.05, 0) is 25.5 Å². The Hall–Kier alpha value is -1.59. The number of hydrogen-bond donors (Lipinski definition) is 1. The molecule has 0 saturated heterocycles. The van der Waals surface area contributed by atoms with Crippen LogP contribution in [0.4, 0.5) is 0 Å². The Morgan fingerprint density at radius 1 is 1.36 bits per heavy atom. The number of carboxylic acids is 1. The molecule has 0 heterocycles. The van der Waals surface area contributed by atoms with Crippen LogP contribution in [-0.2, 0) is 9.53 Å². The second-order valence-corrected chi connectivity index (χ2v) is 5.43. The van der Waals surface area contributed by atoms with Crippen molar-refractivity contribution in [3.05, 3.63) is 34.9 Å². The molecule has 0 radical (unpaired) electrons. The average Bonchev–Trinajstić information content (AvgIpc) is 2.49. The molecule has 1 aromatic carbocycles. The number of amides is 1. The lowest BCUT2D eigenvalue weighted by atomic mass is 10.1. The van der Waals surface area contributed by atoms with Crippen LogP contribution in [0.25, 0.3) is 0 Å². The third-order valence-electron chi connectivity index (χ3n) is 3.23. The SMILES string of the molecule is CCOCCCN(CC(C)C(=O)O)C(=O)c1ccccc1Cl. The Balaban J connectivity index is 2.81. The summed E-state index contributed by atoms with van der Waals surface area (Å²) in [5, 5.41) is 9.42. The van der Waals surface area contributed by atoms with Gasteiger partial charge in [0.15, 0.2) is 0 Å². The number of benzene rings is 1. The van der Waals surface area contributed by atoms with Crippen molar-refractivity contribution < 1.29 is 19.4 Å². The van der Waals surface area contributed by atoms with E-state index in [0.717, 1.165) is 0 Å². The van der Waals surface area contributed by atoms with Gasteiger partial charge in [-0.2, -0.15) is 0 Å². The second-order valence-electron chi connectivity index (χ2n) is 5.02. The van der Waals surface area contributed by atoms with E-state index in [2.05, 4.69) is 0 Å². The highest BCUT2D eigenvalue weighted by Gasteiger charge is 2.22. The first-order valence-electron chi connectivity index (χ1n) is 7.31. The molecule has 0 aromatic heterocycles. The van der Waals surface area contributed by atoms with Crippen molar-refractivity contribution in [2.75, 3.05) is 26.3 Å². The Kier molecular flexibility index (Phi) is 7.91. The highest BCUT2D eigenvalue weighted by Crippen LogP contribution is 2.18. The number of halogens is 1. The summed E-state index contributed by atoms with van der Waals surface area (Å²) in [6, 6.07) is 6.77. The Bertz CT molecular complexity index is 507. The van der Waals surface area contributed by atoms with Crippen LogP contribution in [0.3, 0.4) is 0 Å². The molecule has 0 bridgehead atoms. The van der Waals surface area contributed by atoms with Crippen LogP contribution in [0.15, 0.2) is 24.3 Å². The molecule has 1 aromatic rings. The topological polar surface area (TPSA) is 66.8 Å². The zero-order chi connectivity index (χ0) is 16.5. The quantitative estimate of drug-likeness (QED) is 0.708. The smallest absolute Gasteiger partial charge is 0.308 e. The normalized spacial score (nSPS) is 12.0. The summed E-state index contributed by atoms with van der Waals surface area (Å²) in [6.45, 7) is 5.21. The number of hydrogen-bond acceptors (Lipinski definition) is 3. The van der Waals surface area contributed by atoms with Crippen molar-refractivity contribution in [3.8, 4) is 0 Å². The van der Waals surface area contributed by atoms with E-state index in [9.17, 15) is 9.59 Å². The lowest BCUT2D eigenvalue weighted by molar-refractivity contribution is -0.141. The predicted molar refractivity (Wildman–Crippen MR) is 85.3 cm³/mol. The van der Waals surface area contributed by atoms with Crippen molar-refractivity contribution in [1.29, 1.82) is 0 Å². The van der Waals surface area contributed by atoms with E-state index in [-0.39, 0.29) is 12.5 Å². The summed E-state index contributed by atoms with van der Waals surface area (Å²) >= 11 is 6.06. The molecule has 0 aliphatic carbocycles. The van der Waals surface area contributed by atoms with Crippen molar-refractivity contribution in [3.63, 3.8) is 0 Å². The standard InChI is InChI=1S/C16H22ClNO4/c1-3-22-10-6-9-18(11-12(2)16(20)21)15(19)13-7-4-5-8-14(13)17/h4-5,7-8,12H,3,6,9-11H2,1-2H3,(H,20,21). The summed E-state index contributed by atoms with van der Waals surface area (Å²) < 4.78 is 5.27. The van der Waals surface area contributed by atoms with E-state index in [0.29, 0.717) is 36.8 Å². The van der Waals surface area contributed by atoms with E-state index in [1.165, 1.54) is 4.90 Å². The van der Waals surface area contributed by atoms with E-state index in [1.54, 1.807) is 31.2 Å². The molecule has 0 aliphatic rings. The van der Waals surface area contributed by atoms with Gasteiger partial charge in [0.05, 0.1) is 16.5 Å². The highest BCUT2D eigenvalue weighted by atomic mass is 35.5. The van der Waals surface area contributed by atoms with Crippen molar-refractivity contribution in [2.24, 2.45) is 5.92 Å². The van der Waals surface area contributed by atoms with Crippen molar-refractivity contribution in [2.45, 2.75) is 20.3 Å².